The van der Waals surface area contributed by atoms with Gasteiger partial charge in [-0.1, -0.05) is 36.3 Å². The van der Waals surface area contributed by atoms with Gasteiger partial charge in [0.05, 0.1) is 0 Å². The van der Waals surface area contributed by atoms with Gasteiger partial charge >= 0.3 is 6.18 Å². The molecule has 1 aromatic rings. The quantitative estimate of drug-likeness (QED) is 0.587. The SMILES string of the molecule is [C]#CC(c1ccccc1)C(F)(F)F. The molecule has 0 heterocycles. The van der Waals surface area contributed by atoms with Crippen molar-refractivity contribution in [2.24, 2.45) is 0 Å². The highest BCUT2D eigenvalue weighted by Crippen LogP contribution is 2.33. The molecule has 0 aliphatic rings. The van der Waals surface area contributed by atoms with Gasteiger partial charge in [0.25, 0.3) is 0 Å². The van der Waals surface area contributed by atoms with Crippen molar-refractivity contribution in [3.63, 3.8) is 0 Å². The molecule has 0 aliphatic carbocycles. The molecule has 3 heteroatoms. The first-order chi connectivity index (χ1) is 6.05. The van der Waals surface area contributed by atoms with Crippen LogP contribution in [0.2, 0.25) is 0 Å². The summed E-state index contributed by atoms with van der Waals surface area (Å²) in [5.74, 6) is -0.425. The lowest BCUT2D eigenvalue weighted by Crippen LogP contribution is -2.18. The molecule has 0 amide bonds. The van der Waals surface area contributed by atoms with Crippen LogP contribution in [0.5, 0.6) is 0 Å². The fourth-order valence-electron chi connectivity index (χ4n) is 1.000. The normalized spacial score (nSPS) is 13.4. The van der Waals surface area contributed by atoms with Crippen LogP contribution in [0.15, 0.2) is 30.3 Å². The number of benzene rings is 1. The second-order valence-corrected chi connectivity index (χ2v) is 2.53. The highest BCUT2D eigenvalue weighted by Gasteiger charge is 2.39. The van der Waals surface area contributed by atoms with Gasteiger partial charge in [-0.3, -0.25) is 0 Å². The summed E-state index contributed by atoms with van der Waals surface area (Å²) in [7, 11) is 0. The molecule has 1 unspecified atom stereocenters. The Morgan fingerprint density at radius 3 is 2.08 bits per heavy atom. The zero-order valence-electron chi connectivity index (χ0n) is 6.60. The van der Waals surface area contributed by atoms with Crippen LogP contribution in [0.4, 0.5) is 13.2 Å². The summed E-state index contributed by atoms with van der Waals surface area (Å²) in [6.07, 6.45) is 2.16. The average molecular weight is 183 g/mol. The highest BCUT2D eigenvalue weighted by atomic mass is 19.4. The Labute approximate surface area is 74.4 Å². The summed E-state index contributed by atoms with van der Waals surface area (Å²) in [4.78, 5) is 0. The first kappa shape index (κ1) is 9.66. The summed E-state index contributed by atoms with van der Waals surface area (Å²) >= 11 is 0. The Kier molecular flexibility index (Phi) is 2.62. The molecule has 13 heavy (non-hydrogen) atoms. The van der Waals surface area contributed by atoms with E-state index in [9.17, 15) is 13.2 Å². The van der Waals surface area contributed by atoms with Gasteiger partial charge in [0.2, 0.25) is 0 Å². The molecular formula is C10H6F3. The van der Waals surface area contributed by atoms with Crippen molar-refractivity contribution in [2.75, 3.05) is 0 Å². The smallest absolute Gasteiger partial charge is 0.169 e. The standard InChI is InChI=1S/C10H6F3/c1-2-9(10(11,12)13)8-6-4-3-5-7-8/h3-7,9H. The Bertz CT molecular complexity index is 305. The Morgan fingerprint density at radius 2 is 1.69 bits per heavy atom. The topological polar surface area (TPSA) is 0 Å². The summed E-state index contributed by atoms with van der Waals surface area (Å²) in [6.45, 7) is 0. The largest absolute Gasteiger partial charge is 0.406 e. The lowest BCUT2D eigenvalue weighted by molar-refractivity contribution is -0.137. The van der Waals surface area contributed by atoms with E-state index in [4.69, 9.17) is 6.42 Å². The van der Waals surface area contributed by atoms with Crippen molar-refractivity contribution in [1.29, 1.82) is 0 Å². The molecule has 1 aromatic carbocycles. The number of hydrogen-bond acceptors (Lipinski definition) is 0. The van der Waals surface area contributed by atoms with Crippen molar-refractivity contribution < 1.29 is 13.2 Å². The van der Waals surface area contributed by atoms with Crippen LogP contribution in [0, 0.1) is 12.3 Å². The van der Waals surface area contributed by atoms with Crippen LogP contribution in [0.3, 0.4) is 0 Å². The molecule has 1 rings (SSSR count). The maximum absolute atomic E-state index is 12.2. The van der Waals surface area contributed by atoms with E-state index in [0.717, 1.165) is 0 Å². The molecule has 0 N–H and O–H groups in total. The second-order valence-electron chi connectivity index (χ2n) is 2.53. The number of alkyl halides is 3. The minimum Gasteiger partial charge on any atom is -0.169 e. The van der Waals surface area contributed by atoms with E-state index in [-0.39, 0.29) is 5.56 Å². The van der Waals surface area contributed by atoms with Crippen molar-refractivity contribution in [1.82, 2.24) is 0 Å². The van der Waals surface area contributed by atoms with Gasteiger partial charge < -0.3 is 0 Å². The van der Waals surface area contributed by atoms with E-state index >= 15 is 0 Å². The number of hydrogen-bond donors (Lipinski definition) is 0. The molecule has 0 bridgehead atoms. The second kappa shape index (κ2) is 3.53. The highest BCUT2D eigenvalue weighted by molar-refractivity contribution is 5.27. The maximum atomic E-state index is 12.2. The third-order valence-electron chi connectivity index (χ3n) is 1.60. The molecule has 0 saturated carbocycles. The first-order valence-electron chi connectivity index (χ1n) is 3.59. The molecular weight excluding hydrogens is 177 g/mol. The first-order valence-corrected chi connectivity index (χ1v) is 3.59. The van der Waals surface area contributed by atoms with Gasteiger partial charge in [-0.25, -0.2) is 0 Å². The molecule has 0 spiro atoms. The van der Waals surface area contributed by atoms with E-state index in [1.807, 2.05) is 0 Å². The minimum atomic E-state index is -4.43. The molecule has 0 fully saturated rings. The predicted octanol–water partition coefficient (Wildman–Crippen LogP) is 2.92. The van der Waals surface area contributed by atoms with E-state index in [2.05, 4.69) is 0 Å². The van der Waals surface area contributed by atoms with Gasteiger partial charge in [0.15, 0.2) is 0 Å². The third-order valence-corrected chi connectivity index (χ3v) is 1.60. The molecule has 1 atom stereocenters. The van der Waals surface area contributed by atoms with Gasteiger partial charge in [0, 0.05) is 0 Å². The van der Waals surface area contributed by atoms with Crippen LogP contribution < -0.4 is 0 Å². The van der Waals surface area contributed by atoms with Crippen LogP contribution in [-0.4, -0.2) is 6.18 Å². The Morgan fingerprint density at radius 1 is 1.15 bits per heavy atom. The summed E-state index contributed by atoms with van der Waals surface area (Å²) in [5.41, 5.74) is 0.0463. The summed E-state index contributed by atoms with van der Waals surface area (Å²) in [6, 6.07) is 7.30. The number of halogens is 3. The van der Waals surface area contributed by atoms with E-state index in [0.29, 0.717) is 0 Å². The van der Waals surface area contributed by atoms with Gasteiger partial charge in [0.1, 0.15) is 5.92 Å². The van der Waals surface area contributed by atoms with Crippen LogP contribution in [0.1, 0.15) is 11.5 Å². The molecule has 1 radical (unpaired) electrons. The maximum Gasteiger partial charge on any atom is 0.406 e. The molecule has 0 aromatic heterocycles. The van der Waals surface area contributed by atoms with Gasteiger partial charge in [-0.2, -0.15) is 13.2 Å². The van der Waals surface area contributed by atoms with E-state index in [1.165, 1.54) is 30.2 Å². The van der Waals surface area contributed by atoms with Crippen molar-refractivity contribution >= 4 is 0 Å². The molecule has 0 saturated heterocycles. The monoisotopic (exact) mass is 183 g/mol. The van der Waals surface area contributed by atoms with E-state index < -0.39 is 12.1 Å². The molecule has 67 valence electrons. The number of rotatable bonds is 1. The lowest BCUT2D eigenvalue weighted by atomic mass is 10.00. The Balaban J connectivity index is 3.01. The van der Waals surface area contributed by atoms with Crippen molar-refractivity contribution in [3.8, 4) is 5.92 Å². The fraction of sp³-hybridized carbons (Fsp3) is 0.200. The minimum absolute atomic E-state index is 0.0463. The fourth-order valence-corrected chi connectivity index (χ4v) is 1.000. The van der Waals surface area contributed by atoms with Crippen molar-refractivity contribution in [2.45, 2.75) is 12.1 Å². The van der Waals surface area contributed by atoms with Crippen molar-refractivity contribution in [3.05, 3.63) is 42.3 Å². The van der Waals surface area contributed by atoms with Crippen LogP contribution in [-0.2, 0) is 0 Å². The lowest BCUT2D eigenvalue weighted by Gasteiger charge is -2.14. The van der Waals surface area contributed by atoms with Gasteiger partial charge in [-0.05, 0) is 12.0 Å². The van der Waals surface area contributed by atoms with Crippen LogP contribution in [0.25, 0.3) is 0 Å². The predicted molar refractivity (Wildman–Crippen MR) is 42.4 cm³/mol. The summed E-state index contributed by atoms with van der Waals surface area (Å²) < 4.78 is 36.7. The summed E-state index contributed by atoms with van der Waals surface area (Å²) in [5, 5.41) is 0. The van der Waals surface area contributed by atoms with E-state index in [1.54, 1.807) is 6.07 Å². The zero-order chi connectivity index (χ0) is 9.90. The molecule has 0 aliphatic heterocycles. The van der Waals surface area contributed by atoms with Crippen LogP contribution >= 0.6 is 0 Å². The Hall–Kier alpha value is -1.43. The van der Waals surface area contributed by atoms with Gasteiger partial charge in [-0.15, -0.1) is 0 Å². The third kappa shape index (κ3) is 2.25. The molecule has 0 nitrogen and oxygen atoms in total. The zero-order valence-corrected chi connectivity index (χ0v) is 6.60. The average Bonchev–Trinajstić information content (AvgIpc) is 2.05.